The molecule has 0 unspecified atom stereocenters. The van der Waals surface area contributed by atoms with Crippen molar-refractivity contribution in [1.29, 1.82) is 0 Å². The molecule has 0 saturated carbocycles. The molecule has 27 heavy (non-hydrogen) atoms. The van der Waals surface area contributed by atoms with Gasteiger partial charge in [-0.2, -0.15) is 0 Å². The number of ether oxygens (including phenoxy) is 3. The van der Waals surface area contributed by atoms with Gasteiger partial charge in [0, 0.05) is 19.6 Å². The summed E-state index contributed by atoms with van der Waals surface area (Å²) in [5, 5.41) is 19.3. The molecule has 2 aliphatic heterocycles. The van der Waals surface area contributed by atoms with Crippen LogP contribution in [0.15, 0.2) is 24.3 Å². The summed E-state index contributed by atoms with van der Waals surface area (Å²) >= 11 is 0. The number of aliphatic hydroxyl groups excluding tert-OH is 1. The summed E-state index contributed by atoms with van der Waals surface area (Å²) in [4.78, 5) is 12.1. The fourth-order valence-corrected chi connectivity index (χ4v) is 3.45. The molecule has 1 aromatic rings. The van der Waals surface area contributed by atoms with Gasteiger partial charge >= 0.3 is 6.09 Å². The molecule has 0 radical (unpaired) electrons. The minimum Gasteiger partial charge on any atom is -0.497 e. The minimum atomic E-state index is -0.722. The number of alkyl carbamates (subject to hydrolysis) is 1. The highest BCUT2D eigenvalue weighted by Gasteiger charge is 2.37. The van der Waals surface area contributed by atoms with Crippen LogP contribution in [0.1, 0.15) is 12.0 Å². The van der Waals surface area contributed by atoms with Crippen molar-refractivity contribution in [2.45, 2.75) is 37.2 Å². The van der Waals surface area contributed by atoms with E-state index in [0.717, 1.165) is 30.8 Å². The highest BCUT2D eigenvalue weighted by atomic mass is 16.6. The number of rotatable bonds is 8. The first-order chi connectivity index (χ1) is 13.2. The van der Waals surface area contributed by atoms with E-state index >= 15 is 0 Å². The van der Waals surface area contributed by atoms with Crippen molar-refractivity contribution >= 4 is 6.09 Å². The molecule has 0 aromatic heterocycles. The highest BCUT2D eigenvalue weighted by molar-refractivity contribution is 5.67. The Morgan fingerprint density at radius 3 is 2.81 bits per heavy atom. The number of nitrogens with one attached hydrogen (secondary N) is 3. The van der Waals surface area contributed by atoms with Crippen LogP contribution in [0.4, 0.5) is 4.79 Å². The maximum absolute atomic E-state index is 12.1. The first kappa shape index (κ1) is 19.9. The molecule has 1 amide bonds. The number of benzene rings is 1. The lowest BCUT2D eigenvalue weighted by molar-refractivity contribution is 0.0165. The molecule has 3 rings (SSSR count). The van der Waals surface area contributed by atoms with Crippen molar-refractivity contribution in [2.24, 2.45) is 0 Å². The van der Waals surface area contributed by atoms with Crippen LogP contribution < -0.4 is 20.7 Å². The molecule has 2 saturated heterocycles. The fraction of sp³-hybridized carbons (Fsp3) is 0.632. The molecule has 0 aliphatic carbocycles. The number of hydrogen-bond donors (Lipinski definition) is 4. The van der Waals surface area contributed by atoms with Gasteiger partial charge in [-0.15, -0.1) is 0 Å². The summed E-state index contributed by atoms with van der Waals surface area (Å²) < 4.78 is 16.3. The van der Waals surface area contributed by atoms with Crippen LogP contribution in [0.5, 0.6) is 5.75 Å². The van der Waals surface area contributed by atoms with Crippen molar-refractivity contribution < 1.29 is 24.1 Å². The molecule has 8 heteroatoms. The first-order valence-corrected chi connectivity index (χ1v) is 9.47. The summed E-state index contributed by atoms with van der Waals surface area (Å²) in [6, 6.07) is 7.58. The molecule has 8 nitrogen and oxygen atoms in total. The molecule has 2 fully saturated rings. The first-order valence-electron chi connectivity index (χ1n) is 9.47. The molecule has 2 aliphatic rings. The minimum absolute atomic E-state index is 0.139. The lowest BCUT2D eigenvalue weighted by Gasteiger charge is -2.22. The van der Waals surface area contributed by atoms with Crippen LogP contribution in [-0.2, 0) is 15.9 Å². The van der Waals surface area contributed by atoms with Gasteiger partial charge < -0.3 is 35.3 Å². The topological polar surface area (TPSA) is 101 Å². The van der Waals surface area contributed by atoms with E-state index < -0.39 is 18.3 Å². The number of amides is 1. The molecule has 2 heterocycles. The van der Waals surface area contributed by atoms with Crippen molar-refractivity contribution in [1.82, 2.24) is 16.0 Å². The van der Waals surface area contributed by atoms with Crippen molar-refractivity contribution in [3.8, 4) is 5.75 Å². The Morgan fingerprint density at radius 2 is 2.11 bits per heavy atom. The molecule has 4 N–H and O–H groups in total. The second-order valence-corrected chi connectivity index (χ2v) is 6.92. The lowest BCUT2D eigenvalue weighted by atomic mass is 10.0. The Morgan fingerprint density at radius 1 is 1.30 bits per heavy atom. The Hall–Kier alpha value is -1.87. The zero-order valence-electron chi connectivity index (χ0n) is 15.6. The maximum Gasteiger partial charge on any atom is 0.407 e. The molecule has 4 atom stereocenters. The molecular weight excluding hydrogens is 350 g/mol. The van der Waals surface area contributed by atoms with Gasteiger partial charge in [0.1, 0.15) is 18.0 Å². The van der Waals surface area contributed by atoms with Gasteiger partial charge in [0.05, 0.1) is 25.9 Å². The SMILES string of the molecule is COc1ccc(C[C@H]2NC[C@H](O)[C@H]2OC(=O)NCCO[C@@H]2CCNC2)cc1. The number of aliphatic hydroxyl groups is 1. The zero-order chi connectivity index (χ0) is 19.1. The van der Waals surface area contributed by atoms with E-state index in [1.54, 1.807) is 7.11 Å². The predicted octanol–water partition coefficient (Wildman–Crippen LogP) is 0.0437. The third-order valence-corrected chi connectivity index (χ3v) is 4.96. The standard InChI is InChI=1S/C19H29N3O5/c1-25-14-4-2-13(3-5-14)10-16-18(17(23)12-22-16)27-19(24)21-8-9-26-15-6-7-20-11-15/h2-5,15-18,20,22-23H,6-12H2,1H3,(H,21,24)/t15-,16-,17+,18+/m1/s1. The van der Waals surface area contributed by atoms with Gasteiger partial charge in [-0.3, -0.25) is 0 Å². The zero-order valence-corrected chi connectivity index (χ0v) is 15.6. The highest BCUT2D eigenvalue weighted by Crippen LogP contribution is 2.19. The van der Waals surface area contributed by atoms with Gasteiger partial charge in [0.15, 0.2) is 0 Å². The average Bonchev–Trinajstić information content (AvgIpc) is 3.31. The van der Waals surface area contributed by atoms with E-state index in [1.807, 2.05) is 24.3 Å². The summed E-state index contributed by atoms with van der Waals surface area (Å²) in [6.07, 6.45) is 0.0221. The van der Waals surface area contributed by atoms with Crippen LogP contribution >= 0.6 is 0 Å². The summed E-state index contributed by atoms with van der Waals surface area (Å²) in [6.45, 7) is 3.06. The molecule has 1 aromatic carbocycles. The summed E-state index contributed by atoms with van der Waals surface area (Å²) in [7, 11) is 1.63. The van der Waals surface area contributed by atoms with Crippen LogP contribution in [0, 0.1) is 0 Å². The van der Waals surface area contributed by atoms with Gasteiger partial charge in [0.2, 0.25) is 0 Å². The summed E-state index contributed by atoms with van der Waals surface area (Å²) in [5.74, 6) is 0.793. The quantitative estimate of drug-likeness (QED) is 0.473. The number of carbonyl (C=O) groups excluding carboxylic acids is 1. The molecular formula is C19H29N3O5. The lowest BCUT2D eigenvalue weighted by Crippen LogP contribution is -2.42. The predicted molar refractivity (Wildman–Crippen MR) is 100.0 cm³/mol. The van der Waals surface area contributed by atoms with Gasteiger partial charge in [-0.1, -0.05) is 12.1 Å². The third-order valence-electron chi connectivity index (χ3n) is 4.96. The van der Waals surface area contributed by atoms with Crippen LogP contribution in [0.25, 0.3) is 0 Å². The van der Waals surface area contributed by atoms with E-state index in [0.29, 0.717) is 26.1 Å². The number of β-amino-alcohol motifs (C(OH)–C–C–N with tert-alkyl or cyclic N) is 1. The van der Waals surface area contributed by atoms with Gasteiger partial charge in [0.25, 0.3) is 0 Å². The number of carbonyl (C=O) groups is 1. The second kappa shape index (κ2) is 9.89. The normalized spacial score (nSPS) is 27.5. The van der Waals surface area contributed by atoms with E-state index in [9.17, 15) is 9.90 Å². The van der Waals surface area contributed by atoms with Crippen LogP contribution in [0.2, 0.25) is 0 Å². The fourth-order valence-electron chi connectivity index (χ4n) is 3.45. The van der Waals surface area contributed by atoms with Crippen molar-refractivity contribution in [3.05, 3.63) is 29.8 Å². The summed E-state index contributed by atoms with van der Waals surface area (Å²) in [5.41, 5.74) is 1.08. The smallest absolute Gasteiger partial charge is 0.407 e. The Bertz CT molecular complexity index is 592. The van der Waals surface area contributed by atoms with Crippen molar-refractivity contribution in [3.63, 3.8) is 0 Å². The van der Waals surface area contributed by atoms with E-state index in [-0.39, 0.29) is 12.1 Å². The largest absolute Gasteiger partial charge is 0.497 e. The average molecular weight is 379 g/mol. The number of hydrogen-bond acceptors (Lipinski definition) is 7. The maximum atomic E-state index is 12.1. The molecule has 0 bridgehead atoms. The van der Waals surface area contributed by atoms with Crippen LogP contribution in [-0.4, -0.2) is 75.4 Å². The Balaban J connectivity index is 1.42. The Kier molecular flexibility index (Phi) is 7.28. The third kappa shape index (κ3) is 5.80. The second-order valence-electron chi connectivity index (χ2n) is 6.92. The molecule has 150 valence electrons. The van der Waals surface area contributed by atoms with E-state index in [4.69, 9.17) is 14.2 Å². The van der Waals surface area contributed by atoms with Gasteiger partial charge in [-0.25, -0.2) is 4.79 Å². The number of methoxy groups -OCH3 is 1. The monoisotopic (exact) mass is 379 g/mol. The van der Waals surface area contributed by atoms with E-state index in [2.05, 4.69) is 16.0 Å². The Labute approximate surface area is 159 Å². The van der Waals surface area contributed by atoms with Crippen molar-refractivity contribution in [2.75, 3.05) is 39.9 Å². The van der Waals surface area contributed by atoms with Gasteiger partial charge in [-0.05, 0) is 37.1 Å². The van der Waals surface area contributed by atoms with E-state index in [1.165, 1.54) is 0 Å². The van der Waals surface area contributed by atoms with Crippen LogP contribution in [0.3, 0.4) is 0 Å². The molecule has 0 spiro atoms.